The van der Waals surface area contributed by atoms with Crippen molar-refractivity contribution in [1.29, 1.82) is 0 Å². The Labute approximate surface area is 226 Å². The topological polar surface area (TPSA) is 94.1 Å². The number of hydrogen-bond acceptors (Lipinski definition) is 7. The van der Waals surface area contributed by atoms with Crippen LogP contribution in [0, 0.1) is 6.92 Å². The Morgan fingerprint density at radius 1 is 1.27 bits per heavy atom. The number of carbonyl (C=O) groups excluding carboxylic acids is 1. The van der Waals surface area contributed by atoms with Gasteiger partial charge in [-0.3, -0.25) is 10.4 Å². The fourth-order valence-corrected chi connectivity index (χ4v) is 4.23. The largest absolute Gasteiger partial charge is 0.482 e. The first-order chi connectivity index (χ1) is 17.8. The number of ether oxygens (including phenoxy) is 3. The number of hydrogen-bond donors (Lipinski definition) is 2. The van der Waals surface area contributed by atoms with Crippen molar-refractivity contribution in [2.45, 2.75) is 32.8 Å². The van der Waals surface area contributed by atoms with Crippen LogP contribution in [0.25, 0.3) is 0 Å². The molecule has 1 aliphatic heterocycles. The molecule has 4 rings (SSSR count). The molecular formula is C27H27ClN4O4S. The predicted octanol–water partition coefficient (Wildman–Crippen LogP) is 5.37. The number of thiocarbonyl (C=S) groups is 1. The minimum Gasteiger partial charge on any atom is -0.482 e. The van der Waals surface area contributed by atoms with Crippen LogP contribution in [0.3, 0.4) is 0 Å². The summed E-state index contributed by atoms with van der Waals surface area (Å²) in [6.07, 6.45) is 3.93. The van der Waals surface area contributed by atoms with E-state index in [2.05, 4.69) is 20.8 Å². The van der Waals surface area contributed by atoms with Crippen LogP contribution in [0.5, 0.6) is 11.5 Å². The highest BCUT2D eigenvalue weighted by Gasteiger charge is 2.37. The summed E-state index contributed by atoms with van der Waals surface area (Å²) >= 11 is 11.7. The van der Waals surface area contributed by atoms with Gasteiger partial charge in [0.15, 0.2) is 11.7 Å². The van der Waals surface area contributed by atoms with Gasteiger partial charge in [0, 0.05) is 40.7 Å². The van der Waals surface area contributed by atoms with Gasteiger partial charge in [0.2, 0.25) is 0 Å². The Morgan fingerprint density at radius 2 is 2.11 bits per heavy atom. The Kier molecular flexibility index (Phi) is 8.25. The molecule has 0 saturated heterocycles. The second-order valence-corrected chi connectivity index (χ2v) is 9.36. The molecule has 8 nitrogen and oxygen atoms in total. The van der Waals surface area contributed by atoms with E-state index >= 15 is 0 Å². The van der Waals surface area contributed by atoms with Crippen LogP contribution < -0.4 is 20.2 Å². The van der Waals surface area contributed by atoms with E-state index in [1.54, 1.807) is 37.5 Å². The summed E-state index contributed by atoms with van der Waals surface area (Å²) in [6.45, 7) is 5.73. The van der Waals surface area contributed by atoms with Gasteiger partial charge in [-0.2, -0.15) is 5.10 Å². The predicted molar refractivity (Wildman–Crippen MR) is 147 cm³/mol. The molecule has 1 unspecified atom stereocenters. The number of halogens is 1. The van der Waals surface area contributed by atoms with Crippen molar-refractivity contribution in [3.05, 3.63) is 82.6 Å². The zero-order chi connectivity index (χ0) is 26.4. The van der Waals surface area contributed by atoms with Crippen molar-refractivity contribution in [1.82, 2.24) is 10.4 Å². The number of esters is 1. The van der Waals surface area contributed by atoms with Crippen LogP contribution in [0.1, 0.15) is 37.0 Å². The van der Waals surface area contributed by atoms with Crippen LogP contribution in [0.15, 0.2) is 66.0 Å². The molecule has 0 bridgehead atoms. The lowest BCUT2D eigenvalue weighted by atomic mass is 9.86. The van der Waals surface area contributed by atoms with Crippen LogP contribution in [-0.2, 0) is 15.1 Å². The smallest absolute Gasteiger partial charge is 0.344 e. The number of rotatable bonds is 7. The highest BCUT2D eigenvalue weighted by molar-refractivity contribution is 7.80. The van der Waals surface area contributed by atoms with Crippen LogP contribution >= 0.6 is 23.8 Å². The third-order valence-corrected chi connectivity index (χ3v) is 6.45. The third kappa shape index (κ3) is 6.36. The fraction of sp³-hybridized carbons (Fsp3) is 0.259. The van der Waals surface area contributed by atoms with E-state index in [1.807, 2.05) is 44.2 Å². The Balaban J connectivity index is 1.61. The summed E-state index contributed by atoms with van der Waals surface area (Å²) < 4.78 is 17.0. The average Bonchev–Trinajstić information content (AvgIpc) is 2.89. The molecule has 10 heteroatoms. The average molecular weight is 539 g/mol. The van der Waals surface area contributed by atoms with Gasteiger partial charge in [-0.15, -0.1) is 0 Å². The van der Waals surface area contributed by atoms with Crippen molar-refractivity contribution < 1.29 is 19.0 Å². The normalized spacial score (nSPS) is 17.4. The maximum absolute atomic E-state index is 11.7. The first kappa shape index (κ1) is 26.4. The van der Waals surface area contributed by atoms with E-state index in [9.17, 15) is 4.79 Å². The lowest BCUT2D eigenvalue weighted by molar-refractivity contribution is -0.145. The SMILES string of the molecule is CCOC(=O)COc1ccc2c(c1)/C(=N/NC(=S)Nc1cccc(Cl)c1C)CC(C)(c1cccnc1)O2. The number of pyridine rings is 1. The fourth-order valence-electron chi connectivity index (χ4n) is 3.90. The maximum atomic E-state index is 11.7. The molecule has 2 aromatic carbocycles. The minimum atomic E-state index is -0.715. The summed E-state index contributed by atoms with van der Waals surface area (Å²) in [5.41, 5.74) is 6.22. The molecular weight excluding hydrogens is 512 g/mol. The molecule has 0 spiro atoms. The van der Waals surface area contributed by atoms with Crippen LogP contribution in [-0.4, -0.2) is 35.0 Å². The number of anilines is 1. The monoisotopic (exact) mass is 538 g/mol. The van der Waals surface area contributed by atoms with Crippen molar-refractivity contribution in [2.24, 2.45) is 5.10 Å². The van der Waals surface area contributed by atoms with Gasteiger partial charge >= 0.3 is 5.97 Å². The summed E-state index contributed by atoms with van der Waals surface area (Å²) in [7, 11) is 0. The molecule has 2 N–H and O–H groups in total. The van der Waals surface area contributed by atoms with Crippen molar-refractivity contribution in [2.75, 3.05) is 18.5 Å². The van der Waals surface area contributed by atoms with E-state index in [1.165, 1.54) is 0 Å². The molecule has 2 heterocycles. The number of benzene rings is 2. The molecule has 0 aliphatic carbocycles. The van der Waals surface area contributed by atoms with E-state index < -0.39 is 11.6 Å². The first-order valence-electron chi connectivity index (χ1n) is 11.7. The maximum Gasteiger partial charge on any atom is 0.344 e. The van der Waals surface area contributed by atoms with Gasteiger partial charge in [-0.1, -0.05) is 23.7 Å². The number of nitrogens with one attached hydrogen (secondary N) is 2. The number of aromatic nitrogens is 1. The molecule has 1 aromatic heterocycles. The first-order valence-corrected chi connectivity index (χ1v) is 12.5. The van der Waals surface area contributed by atoms with Gasteiger partial charge in [0.25, 0.3) is 0 Å². The van der Waals surface area contributed by atoms with E-state index in [0.29, 0.717) is 33.8 Å². The number of hydrazone groups is 1. The Hall–Kier alpha value is -3.69. The van der Waals surface area contributed by atoms with Gasteiger partial charge in [0.1, 0.15) is 17.1 Å². The second-order valence-electron chi connectivity index (χ2n) is 8.54. The zero-order valence-electron chi connectivity index (χ0n) is 20.7. The summed E-state index contributed by atoms with van der Waals surface area (Å²) in [5, 5.41) is 8.72. The van der Waals surface area contributed by atoms with Crippen molar-refractivity contribution in [3.63, 3.8) is 0 Å². The van der Waals surface area contributed by atoms with Gasteiger partial charge < -0.3 is 19.5 Å². The van der Waals surface area contributed by atoms with E-state index in [0.717, 1.165) is 22.4 Å². The molecule has 1 atom stereocenters. The molecule has 192 valence electrons. The summed E-state index contributed by atoms with van der Waals surface area (Å²) in [4.78, 5) is 16.0. The lowest BCUT2D eigenvalue weighted by Gasteiger charge is -2.36. The van der Waals surface area contributed by atoms with Gasteiger partial charge in [0.05, 0.1) is 12.3 Å². The van der Waals surface area contributed by atoms with E-state index in [4.69, 9.17) is 38.0 Å². The highest BCUT2D eigenvalue weighted by atomic mass is 35.5. The molecule has 1 aliphatic rings. The van der Waals surface area contributed by atoms with Crippen molar-refractivity contribution in [3.8, 4) is 11.5 Å². The summed E-state index contributed by atoms with van der Waals surface area (Å²) in [6, 6.07) is 14.7. The summed E-state index contributed by atoms with van der Waals surface area (Å²) in [5.74, 6) is 0.665. The number of nitrogens with zero attached hydrogens (tertiary/aromatic N) is 2. The third-order valence-electron chi connectivity index (χ3n) is 5.84. The Morgan fingerprint density at radius 3 is 2.86 bits per heavy atom. The highest BCUT2D eigenvalue weighted by Crippen LogP contribution is 2.40. The van der Waals surface area contributed by atoms with Gasteiger partial charge in [-0.05, 0) is 75.0 Å². The molecule has 3 aromatic rings. The molecule has 0 radical (unpaired) electrons. The molecule has 0 saturated carbocycles. The minimum absolute atomic E-state index is 0.196. The van der Waals surface area contributed by atoms with E-state index in [-0.39, 0.29) is 13.2 Å². The molecule has 0 fully saturated rings. The van der Waals surface area contributed by atoms with Gasteiger partial charge in [-0.25, -0.2) is 4.79 Å². The molecule has 0 amide bonds. The Bertz CT molecular complexity index is 1340. The molecule has 37 heavy (non-hydrogen) atoms. The lowest BCUT2D eigenvalue weighted by Crippen LogP contribution is -2.38. The number of carbonyl (C=O) groups is 1. The van der Waals surface area contributed by atoms with Crippen LogP contribution in [0.2, 0.25) is 5.02 Å². The number of fused-ring (bicyclic) bond motifs is 1. The second kappa shape index (κ2) is 11.6. The standard InChI is InChI=1S/C27H27ClN4O4S/c1-4-34-25(33)16-35-19-10-11-24-20(13-19)23(14-27(3,36-24)18-7-6-12-29-15-18)31-32-26(37)30-22-9-5-8-21(28)17(22)2/h5-13,15H,4,14,16H2,1-3H3,(H2,30,32,37)/b31-23+. The quantitative estimate of drug-likeness (QED) is 0.235. The zero-order valence-corrected chi connectivity index (χ0v) is 22.3. The van der Waals surface area contributed by atoms with Crippen LogP contribution in [0.4, 0.5) is 5.69 Å². The van der Waals surface area contributed by atoms with Crippen molar-refractivity contribution >= 4 is 46.3 Å².